The van der Waals surface area contributed by atoms with Crippen LogP contribution in [0.3, 0.4) is 0 Å². The Labute approximate surface area is 157 Å². The Kier molecular flexibility index (Phi) is 4.27. The van der Waals surface area contributed by atoms with Gasteiger partial charge in [-0.1, -0.05) is 0 Å². The molecule has 0 saturated carbocycles. The van der Waals surface area contributed by atoms with Gasteiger partial charge in [0.25, 0.3) is 5.91 Å². The van der Waals surface area contributed by atoms with Gasteiger partial charge in [0, 0.05) is 48.3 Å². The molecule has 0 aromatic carbocycles. The Morgan fingerprint density at radius 2 is 2.32 bits per heavy atom. The highest BCUT2D eigenvalue weighted by Crippen LogP contribution is 2.23. The first kappa shape index (κ1) is 16.2. The maximum absolute atomic E-state index is 12.3. The Balaban J connectivity index is 1.52. The van der Waals surface area contributed by atoms with Gasteiger partial charge in [0.2, 0.25) is 0 Å². The Morgan fingerprint density at radius 1 is 1.44 bits per heavy atom. The van der Waals surface area contributed by atoms with Crippen LogP contribution < -0.4 is 5.32 Å². The molecule has 1 fully saturated rings. The normalized spacial score (nSPS) is 17.4. The summed E-state index contributed by atoms with van der Waals surface area (Å²) in [6.07, 6.45) is 5.02. The molecule has 0 bridgehead atoms. The molecule has 0 aliphatic carbocycles. The van der Waals surface area contributed by atoms with E-state index in [0.29, 0.717) is 24.6 Å². The maximum atomic E-state index is 12.3. The van der Waals surface area contributed by atoms with Crippen molar-refractivity contribution in [2.75, 3.05) is 18.4 Å². The highest BCUT2D eigenvalue weighted by molar-refractivity contribution is 14.1. The molecular weight excluding hydrogens is 437 g/mol. The van der Waals surface area contributed by atoms with Gasteiger partial charge in [0.05, 0.1) is 0 Å². The zero-order valence-electron chi connectivity index (χ0n) is 13.5. The van der Waals surface area contributed by atoms with Gasteiger partial charge in [0.1, 0.15) is 12.6 Å². The summed E-state index contributed by atoms with van der Waals surface area (Å²) >= 11 is 2.20. The van der Waals surface area contributed by atoms with Gasteiger partial charge in [-0.2, -0.15) is 0 Å². The predicted molar refractivity (Wildman–Crippen MR) is 98.1 cm³/mol. The van der Waals surface area contributed by atoms with E-state index in [2.05, 4.69) is 54.8 Å². The standard InChI is InChI=1S/C15H16IN7O2/c1-2-23-13-11(21-15(23)16)12(17-7-18-13)20-9-3-4-22(5-9)14(24)10-6-25-8-19-10/h6-9H,2-5H2,1H3,(H,17,18,20)/t9-/m0/s1. The highest BCUT2D eigenvalue weighted by Gasteiger charge is 2.29. The molecule has 1 saturated heterocycles. The van der Waals surface area contributed by atoms with Crippen molar-refractivity contribution in [2.24, 2.45) is 0 Å². The van der Waals surface area contributed by atoms with E-state index >= 15 is 0 Å². The summed E-state index contributed by atoms with van der Waals surface area (Å²) in [5.41, 5.74) is 1.91. The quantitative estimate of drug-likeness (QED) is 0.475. The number of aromatic nitrogens is 5. The zero-order chi connectivity index (χ0) is 17.4. The van der Waals surface area contributed by atoms with Crippen molar-refractivity contribution in [2.45, 2.75) is 25.9 Å². The third-order valence-electron chi connectivity index (χ3n) is 4.27. The van der Waals surface area contributed by atoms with E-state index in [-0.39, 0.29) is 11.9 Å². The van der Waals surface area contributed by atoms with Gasteiger partial charge in [-0.3, -0.25) is 4.79 Å². The number of imidazole rings is 1. The molecule has 1 amide bonds. The van der Waals surface area contributed by atoms with Crippen molar-refractivity contribution in [1.82, 2.24) is 29.4 Å². The van der Waals surface area contributed by atoms with Crippen molar-refractivity contribution < 1.29 is 9.21 Å². The molecule has 4 heterocycles. The molecule has 10 heteroatoms. The largest absolute Gasteiger partial charge is 0.451 e. The molecule has 9 nitrogen and oxygen atoms in total. The number of rotatable bonds is 4. The number of nitrogens with one attached hydrogen (secondary N) is 1. The predicted octanol–water partition coefficient (Wildman–Crippen LogP) is 1.77. The second-order valence-electron chi connectivity index (χ2n) is 5.77. The summed E-state index contributed by atoms with van der Waals surface area (Å²) in [7, 11) is 0. The molecule has 0 unspecified atom stereocenters. The van der Waals surface area contributed by atoms with Crippen molar-refractivity contribution in [1.29, 1.82) is 0 Å². The summed E-state index contributed by atoms with van der Waals surface area (Å²) in [6, 6.07) is 0.110. The third-order valence-corrected chi connectivity index (χ3v) is 5.09. The minimum atomic E-state index is -0.115. The lowest BCUT2D eigenvalue weighted by Gasteiger charge is -2.16. The lowest BCUT2D eigenvalue weighted by Crippen LogP contribution is -2.32. The molecule has 130 valence electrons. The number of amides is 1. The fraction of sp³-hybridized carbons (Fsp3) is 0.400. The third kappa shape index (κ3) is 2.94. The van der Waals surface area contributed by atoms with Gasteiger partial charge in [0.15, 0.2) is 32.9 Å². The second kappa shape index (κ2) is 6.58. The van der Waals surface area contributed by atoms with Crippen LogP contribution >= 0.6 is 22.6 Å². The summed E-state index contributed by atoms with van der Waals surface area (Å²) in [5, 5.41) is 3.41. The number of anilines is 1. The molecule has 25 heavy (non-hydrogen) atoms. The number of nitrogens with zero attached hydrogens (tertiary/aromatic N) is 6. The molecule has 1 atom stereocenters. The fourth-order valence-corrected chi connectivity index (χ4v) is 3.84. The Hall–Kier alpha value is -2.24. The molecule has 1 aliphatic heterocycles. The molecule has 3 aromatic heterocycles. The lowest BCUT2D eigenvalue weighted by molar-refractivity contribution is 0.0786. The number of halogens is 1. The van der Waals surface area contributed by atoms with Crippen LogP contribution in [0, 0.1) is 3.83 Å². The van der Waals surface area contributed by atoms with Gasteiger partial charge >= 0.3 is 0 Å². The van der Waals surface area contributed by atoms with E-state index in [1.54, 1.807) is 11.2 Å². The van der Waals surface area contributed by atoms with E-state index in [1.807, 2.05) is 4.57 Å². The number of aryl methyl sites for hydroxylation is 1. The molecule has 0 radical (unpaired) electrons. The highest BCUT2D eigenvalue weighted by atomic mass is 127. The molecule has 4 rings (SSSR count). The zero-order valence-corrected chi connectivity index (χ0v) is 15.7. The minimum absolute atomic E-state index is 0.110. The van der Waals surface area contributed by atoms with Crippen LogP contribution in [-0.4, -0.2) is 54.4 Å². The van der Waals surface area contributed by atoms with Crippen LogP contribution in [0.5, 0.6) is 0 Å². The average molecular weight is 453 g/mol. The molecule has 1 N–H and O–H groups in total. The van der Waals surface area contributed by atoms with Crippen molar-refractivity contribution in [3.63, 3.8) is 0 Å². The van der Waals surface area contributed by atoms with Gasteiger partial charge in [-0.05, 0) is 13.3 Å². The van der Waals surface area contributed by atoms with E-state index in [9.17, 15) is 4.79 Å². The van der Waals surface area contributed by atoms with Gasteiger partial charge < -0.3 is 19.2 Å². The first-order valence-electron chi connectivity index (χ1n) is 7.98. The van der Waals surface area contributed by atoms with E-state index in [4.69, 9.17) is 4.42 Å². The van der Waals surface area contributed by atoms with Crippen LogP contribution in [0.2, 0.25) is 0 Å². The summed E-state index contributed by atoms with van der Waals surface area (Å²) in [5.74, 6) is 0.589. The first-order chi connectivity index (χ1) is 12.2. The number of fused-ring (bicyclic) bond motifs is 1. The maximum Gasteiger partial charge on any atom is 0.275 e. The fourth-order valence-electron chi connectivity index (χ4n) is 3.03. The topological polar surface area (TPSA) is 102 Å². The van der Waals surface area contributed by atoms with Crippen LogP contribution in [-0.2, 0) is 6.54 Å². The van der Waals surface area contributed by atoms with Gasteiger partial charge in [-0.25, -0.2) is 19.9 Å². The number of hydrogen-bond acceptors (Lipinski definition) is 7. The Morgan fingerprint density at radius 3 is 3.08 bits per heavy atom. The summed E-state index contributed by atoms with van der Waals surface area (Å²) in [4.78, 5) is 31.3. The first-order valence-corrected chi connectivity index (χ1v) is 9.06. The number of carbonyl (C=O) groups is 1. The van der Waals surface area contributed by atoms with Crippen molar-refractivity contribution in [3.05, 3.63) is 28.5 Å². The number of oxazole rings is 1. The monoisotopic (exact) mass is 453 g/mol. The molecule has 1 aliphatic rings. The summed E-state index contributed by atoms with van der Waals surface area (Å²) in [6.45, 7) is 4.11. The van der Waals surface area contributed by atoms with Crippen molar-refractivity contribution in [3.8, 4) is 0 Å². The number of hydrogen-bond donors (Lipinski definition) is 1. The average Bonchev–Trinajstić information content (AvgIpc) is 3.34. The van der Waals surface area contributed by atoms with Crippen molar-refractivity contribution >= 4 is 45.5 Å². The number of likely N-dealkylation sites (tertiary alicyclic amines) is 1. The molecule has 0 spiro atoms. The second-order valence-corrected chi connectivity index (χ2v) is 6.74. The van der Waals surface area contributed by atoms with E-state index in [0.717, 1.165) is 28.0 Å². The minimum Gasteiger partial charge on any atom is -0.451 e. The van der Waals surface area contributed by atoms with Crippen LogP contribution in [0.15, 0.2) is 23.4 Å². The van der Waals surface area contributed by atoms with Crippen LogP contribution in [0.4, 0.5) is 5.82 Å². The summed E-state index contributed by atoms with van der Waals surface area (Å²) < 4.78 is 7.81. The SMILES string of the molecule is CCn1c(I)nc2c(N[C@H]3CCN(C(=O)c4cocn4)C3)ncnc21. The van der Waals surface area contributed by atoms with Crippen LogP contribution in [0.1, 0.15) is 23.8 Å². The molecule has 3 aromatic rings. The van der Waals surface area contributed by atoms with Gasteiger partial charge in [-0.15, -0.1) is 0 Å². The number of carbonyl (C=O) groups excluding carboxylic acids is 1. The Bertz CT molecular complexity index is 908. The molecular formula is C15H16IN7O2. The lowest BCUT2D eigenvalue weighted by atomic mass is 10.2. The van der Waals surface area contributed by atoms with Crippen LogP contribution in [0.25, 0.3) is 11.2 Å². The smallest absolute Gasteiger partial charge is 0.275 e. The van der Waals surface area contributed by atoms with E-state index in [1.165, 1.54) is 12.7 Å². The van der Waals surface area contributed by atoms with E-state index < -0.39 is 0 Å².